The first-order chi connectivity index (χ1) is 10.3. The number of imidazole rings is 1. The lowest BCUT2D eigenvalue weighted by Gasteiger charge is -1.94. The van der Waals surface area contributed by atoms with Gasteiger partial charge in [-0.1, -0.05) is 42.5 Å². The lowest BCUT2D eigenvalue weighted by molar-refractivity contribution is 1.22. The molecule has 0 spiro atoms. The van der Waals surface area contributed by atoms with E-state index in [1.54, 1.807) is 6.21 Å². The van der Waals surface area contributed by atoms with Crippen LogP contribution < -0.4 is 5.43 Å². The Morgan fingerprint density at radius 3 is 2.67 bits per heavy atom. The molecule has 3 aromatic rings. The monoisotopic (exact) mass is 340 g/mol. The van der Waals surface area contributed by atoms with Crippen LogP contribution in [-0.4, -0.2) is 16.2 Å². The van der Waals surface area contributed by atoms with Gasteiger partial charge in [0.2, 0.25) is 5.95 Å². The van der Waals surface area contributed by atoms with Gasteiger partial charge in [0.25, 0.3) is 0 Å². The van der Waals surface area contributed by atoms with E-state index in [-0.39, 0.29) is 0 Å². The number of hydrogen-bond donors (Lipinski definition) is 2. The number of aromatic amines is 1. The van der Waals surface area contributed by atoms with Crippen molar-refractivity contribution in [2.24, 2.45) is 5.10 Å². The molecule has 0 bridgehead atoms. The van der Waals surface area contributed by atoms with Gasteiger partial charge in [-0.15, -0.1) is 0 Å². The van der Waals surface area contributed by atoms with E-state index >= 15 is 0 Å². The first kappa shape index (κ1) is 13.6. The van der Waals surface area contributed by atoms with Gasteiger partial charge in [0.1, 0.15) is 0 Å². The van der Waals surface area contributed by atoms with Gasteiger partial charge in [0.05, 0.1) is 17.2 Å². The first-order valence-electron chi connectivity index (χ1n) is 6.47. The summed E-state index contributed by atoms with van der Waals surface area (Å²) in [5.74, 6) is 0.618. The average Bonchev–Trinajstić information content (AvgIpc) is 2.91. The normalized spacial score (nSPS) is 12.1. The first-order valence-corrected chi connectivity index (χ1v) is 7.27. The van der Waals surface area contributed by atoms with Gasteiger partial charge < -0.3 is 4.98 Å². The molecule has 0 saturated carbocycles. The van der Waals surface area contributed by atoms with E-state index in [1.165, 1.54) is 0 Å². The summed E-state index contributed by atoms with van der Waals surface area (Å²) in [6.07, 6.45) is 3.68. The van der Waals surface area contributed by atoms with Crippen LogP contribution in [0.5, 0.6) is 0 Å². The molecule has 2 aromatic carbocycles. The lowest BCUT2D eigenvalue weighted by Crippen LogP contribution is -1.91. The standard InChI is InChI=1S/C16H13BrN4/c17-13(10-12-6-2-1-3-7-12)11-18-21-16-19-14-8-4-5-9-15(14)20-16/h1-11H,(H2,19,20,21)/b13-10-,18-11?. The van der Waals surface area contributed by atoms with Crippen molar-refractivity contribution >= 4 is 45.2 Å². The van der Waals surface area contributed by atoms with Crippen LogP contribution in [0.4, 0.5) is 5.95 Å². The molecule has 104 valence electrons. The summed E-state index contributed by atoms with van der Waals surface area (Å²) in [6, 6.07) is 17.9. The number of benzene rings is 2. The Labute approximate surface area is 130 Å². The molecule has 0 saturated heterocycles. The van der Waals surface area contributed by atoms with Gasteiger partial charge in [-0.05, 0) is 39.7 Å². The Bertz CT molecular complexity index is 757. The number of hydrazone groups is 1. The average molecular weight is 341 g/mol. The summed E-state index contributed by atoms with van der Waals surface area (Å²) < 4.78 is 0.873. The van der Waals surface area contributed by atoms with Crippen molar-refractivity contribution in [2.75, 3.05) is 5.43 Å². The fourth-order valence-electron chi connectivity index (χ4n) is 1.91. The van der Waals surface area contributed by atoms with E-state index in [9.17, 15) is 0 Å². The third kappa shape index (κ3) is 3.58. The fraction of sp³-hybridized carbons (Fsp3) is 0. The number of halogens is 1. The highest BCUT2D eigenvalue weighted by Gasteiger charge is 1.99. The Morgan fingerprint density at radius 1 is 1.10 bits per heavy atom. The highest BCUT2D eigenvalue weighted by atomic mass is 79.9. The van der Waals surface area contributed by atoms with E-state index in [4.69, 9.17) is 0 Å². The zero-order valence-corrected chi connectivity index (χ0v) is 12.7. The maximum Gasteiger partial charge on any atom is 0.222 e. The molecule has 21 heavy (non-hydrogen) atoms. The Morgan fingerprint density at radius 2 is 1.86 bits per heavy atom. The molecule has 5 heteroatoms. The van der Waals surface area contributed by atoms with Crippen LogP contribution in [0.3, 0.4) is 0 Å². The van der Waals surface area contributed by atoms with Crippen LogP contribution in [0.15, 0.2) is 64.2 Å². The van der Waals surface area contributed by atoms with Gasteiger partial charge in [0.15, 0.2) is 0 Å². The van der Waals surface area contributed by atoms with E-state index in [1.807, 2.05) is 60.7 Å². The molecule has 0 atom stereocenters. The van der Waals surface area contributed by atoms with Crippen molar-refractivity contribution in [3.8, 4) is 0 Å². The number of aromatic nitrogens is 2. The molecule has 3 rings (SSSR count). The van der Waals surface area contributed by atoms with E-state index in [2.05, 4.69) is 36.4 Å². The number of para-hydroxylation sites is 2. The molecular weight excluding hydrogens is 328 g/mol. The second kappa shape index (κ2) is 6.37. The minimum absolute atomic E-state index is 0.618. The van der Waals surface area contributed by atoms with Crippen LogP contribution in [0.1, 0.15) is 5.56 Å². The van der Waals surface area contributed by atoms with Gasteiger partial charge in [0, 0.05) is 4.48 Å². The summed E-state index contributed by atoms with van der Waals surface area (Å²) in [5, 5.41) is 4.15. The molecule has 1 aromatic heterocycles. The number of anilines is 1. The van der Waals surface area contributed by atoms with Crippen molar-refractivity contribution in [1.82, 2.24) is 9.97 Å². The summed E-state index contributed by atoms with van der Waals surface area (Å²) in [7, 11) is 0. The number of nitrogens with zero attached hydrogens (tertiary/aromatic N) is 2. The molecule has 0 fully saturated rings. The van der Waals surface area contributed by atoms with Crippen LogP contribution in [0.25, 0.3) is 17.1 Å². The van der Waals surface area contributed by atoms with Crippen molar-refractivity contribution < 1.29 is 0 Å². The quantitative estimate of drug-likeness (QED) is 0.546. The number of allylic oxidation sites excluding steroid dienone is 1. The molecule has 2 N–H and O–H groups in total. The lowest BCUT2D eigenvalue weighted by atomic mass is 10.2. The highest BCUT2D eigenvalue weighted by molar-refractivity contribution is 9.12. The number of rotatable bonds is 4. The molecule has 0 aliphatic rings. The second-order valence-corrected chi connectivity index (χ2v) is 5.33. The summed E-state index contributed by atoms with van der Waals surface area (Å²) >= 11 is 3.46. The summed E-state index contributed by atoms with van der Waals surface area (Å²) in [5.41, 5.74) is 5.89. The fourth-order valence-corrected chi connectivity index (χ4v) is 2.27. The third-order valence-corrected chi connectivity index (χ3v) is 3.29. The molecule has 0 aliphatic heterocycles. The van der Waals surface area contributed by atoms with Crippen molar-refractivity contribution in [3.63, 3.8) is 0 Å². The molecule has 0 aliphatic carbocycles. The largest absolute Gasteiger partial charge is 0.323 e. The van der Waals surface area contributed by atoms with Crippen LogP contribution in [0, 0.1) is 0 Å². The minimum atomic E-state index is 0.618. The van der Waals surface area contributed by atoms with Gasteiger partial charge in [-0.2, -0.15) is 5.10 Å². The summed E-state index contributed by atoms with van der Waals surface area (Å²) in [4.78, 5) is 7.53. The maximum atomic E-state index is 4.38. The van der Waals surface area contributed by atoms with E-state index < -0.39 is 0 Å². The molecule has 1 heterocycles. The third-order valence-electron chi connectivity index (χ3n) is 2.85. The predicted molar refractivity (Wildman–Crippen MR) is 91.6 cm³/mol. The topological polar surface area (TPSA) is 53.1 Å². The van der Waals surface area contributed by atoms with Crippen LogP contribution in [0.2, 0.25) is 0 Å². The van der Waals surface area contributed by atoms with E-state index in [0.29, 0.717) is 5.95 Å². The van der Waals surface area contributed by atoms with Crippen molar-refractivity contribution in [2.45, 2.75) is 0 Å². The van der Waals surface area contributed by atoms with E-state index in [0.717, 1.165) is 21.1 Å². The number of fused-ring (bicyclic) bond motifs is 1. The molecule has 0 radical (unpaired) electrons. The molecule has 4 nitrogen and oxygen atoms in total. The molecule has 0 unspecified atom stereocenters. The number of nitrogens with one attached hydrogen (secondary N) is 2. The Hall–Kier alpha value is -2.40. The molecule has 0 amide bonds. The Balaban J connectivity index is 1.67. The zero-order chi connectivity index (χ0) is 14.5. The number of H-pyrrole nitrogens is 1. The van der Waals surface area contributed by atoms with Crippen molar-refractivity contribution in [1.29, 1.82) is 0 Å². The van der Waals surface area contributed by atoms with Gasteiger partial charge in [-0.25, -0.2) is 10.4 Å². The Kier molecular flexibility index (Phi) is 4.12. The second-order valence-electron chi connectivity index (χ2n) is 4.41. The zero-order valence-electron chi connectivity index (χ0n) is 11.1. The minimum Gasteiger partial charge on any atom is -0.323 e. The van der Waals surface area contributed by atoms with Gasteiger partial charge in [-0.3, -0.25) is 0 Å². The predicted octanol–water partition coefficient (Wildman–Crippen LogP) is 4.40. The van der Waals surface area contributed by atoms with Crippen molar-refractivity contribution in [3.05, 3.63) is 64.6 Å². The van der Waals surface area contributed by atoms with Crippen LogP contribution in [-0.2, 0) is 0 Å². The molecular formula is C16H13BrN4. The summed E-state index contributed by atoms with van der Waals surface area (Å²) in [6.45, 7) is 0. The SMILES string of the molecule is Br/C(C=NNc1nc2ccccc2[nH]1)=C\c1ccccc1. The number of hydrogen-bond acceptors (Lipinski definition) is 3. The van der Waals surface area contributed by atoms with Gasteiger partial charge >= 0.3 is 0 Å². The highest BCUT2D eigenvalue weighted by Crippen LogP contribution is 2.13. The maximum absolute atomic E-state index is 4.38. The smallest absolute Gasteiger partial charge is 0.222 e. The van der Waals surface area contributed by atoms with Crippen LogP contribution >= 0.6 is 15.9 Å².